The zero-order chi connectivity index (χ0) is 16.9. The maximum absolute atomic E-state index is 12.2. The van der Waals surface area contributed by atoms with Crippen molar-refractivity contribution < 1.29 is 14.3 Å². The van der Waals surface area contributed by atoms with Gasteiger partial charge in [0.2, 0.25) is 5.91 Å². The van der Waals surface area contributed by atoms with Crippen LogP contribution < -0.4 is 15.0 Å². The third kappa shape index (κ3) is 3.56. The molecule has 0 saturated carbocycles. The van der Waals surface area contributed by atoms with Crippen LogP contribution in [0.25, 0.3) is 0 Å². The quantitative estimate of drug-likeness (QED) is 0.938. The number of fused-ring (bicyclic) bond motifs is 1. The van der Waals surface area contributed by atoms with E-state index >= 15 is 0 Å². The van der Waals surface area contributed by atoms with E-state index in [1.165, 1.54) is 5.56 Å². The molecule has 0 aliphatic carbocycles. The lowest BCUT2D eigenvalue weighted by Crippen LogP contribution is -2.42. The molecule has 0 spiro atoms. The monoisotopic (exact) mass is 324 g/mol. The van der Waals surface area contributed by atoms with Crippen LogP contribution in [-0.2, 0) is 11.2 Å². The fourth-order valence-corrected chi connectivity index (χ4v) is 2.93. The Hall–Kier alpha value is -2.82. The summed E-state index contributed by atoms with van der Waals surface area (Å²) in [6.45, 7) is 1.00. The van der Waals surface area contributed by atoms with Crippen molar-refractivity contribution in [3.8, 4) is 5.75 Å². The molecule has 0 unspecified atom stereocenters. The van der Waals surface area contributed by atoms with Gasteiger partial charge in [-0.3, -0.25) is 14.9 Å². The van der Waals surface area contributed by atoms with Crippen molar-refractivity contribution >= 4 is 17.5 Å². The van der Waals surface area contributed by atoms with Crippen molar-refractivity contribution in [1.29, 1.82) is 0 Å². The smallest absolute Gasteiger partial charge is 0.257 e. The fourth-order valence-electron chi connectivity index (χ4n) is 2.93. The first-order valence-corrected chi connectivity index (χ1v) is 7.98. The first kappa shape index (κ1) is 16.1. The Labute approximate surface area is 141 Å². The van der Waals surface area contributed by atoms with Gasteiger partial charge in [-0.1, -0.05) is 18.2 Å². The minimum Gasteiger partial charge on any atom is -0.497 e. The highest BCUT2D eigenvalue weighted by Gasteiger charge is 2.19. The Morgan fingerprint density at radius 3 is 2.62 bits per heavy atom. The molecule has 0 saturated heterocycles. The fraction of sp³-hybridized carbons (Fsp3) is 0.263. The molecular weight excluding hydrogens is 304 g/mol. The molecule has 5 heteroatoms. The van der Waals surface area contributed by atoms with Crippen LogP contribution in [0.1, 0.15) is 22.3 Å². The summed E-state index contributed by atoms with van der Waals surface area (Å²) < 4.78 is 5.06. The van der Waals surface area contributed by atoms with Crippen LogP contribution in [0.4, 0.5) is 5.69 Å². The Morgan fingerprint density at radius 1 is 1.12 bits per heavy atom. The second-order valence-corrected chi connectivity index (χ2v) is 5.76. The van der Waals surface area contributed by atoms with Gasteiger partial charge in [0.15, 0.2) is 0 Å². The molecule has 1 heterocycles. The maximum Gasteiger partial charge on any atom is 0.257 e. The highest BCUT2D eigenvalue weighted by molar-refractivity contribution is 6.05. The number of benzene rings is 2. The minimum absolute atomic E-state index is 0.179. The maximum atomic E-state index is 12.2. The predicted octanol–water partition coefficient (Wildman–Crippen LogP) is 2.40. The summed E-state index contributed by atoms with van der Waals surface area (Å²) in [5, 5.41) is 2.45. The first-order valence-electron chi connectivity index (χ1n) is 7.98. The summed E-state index contributed by atoms with van der Waals surface area (Å²) in [5.41, 5.74) is 2.76. The number of imide groups is 1. The van der Waals surface area contributed by atoms with E-state index in [2.05, 4.69) is 11.4 Å². The van der Waals surface area contributed by atoms with Gasteiger partial charge >= 0.3 is 0 Å². The molecule has 0 fully saturated rings. The van der Waals surface area contributed by atoms with E-state index in [4.69, 9.17) is 4.74 Å². The van der Waals surface area contributed by atoms with Crippen molar-refractivity contribution in [2.24, 2.45) is 0 Å². The molecule has 5 nitrogen and oxygen atoms in total. The molecule has 1 N–H and O–H groups in total. The molecule has 2 aromatic rings. The number of rotatable bonds is 4. The van der Waals surface area contributed by atoms with E-state index in [9.17, 15) is 9.59 Å². The number of nitrogens with zero attached hydrogens (tertiary/aromatic N) is 1. The standard InChI is InChI=1S/C19H20N2O3/c1-24-16-10-8-15(9-11-16)19(23)20-18(22)13-21-12-4-6-14-5-2-3-7-17(14)21/h2-3,5,7-11H,4,6,12-13H2,1H3,(H,20,22,23). The number of ether oxygens (including phenoxy) is 1. The third-order valence-corrected chi connectivity index (χ3v) is 4.15. The molecule has 124 valence electrons. The lowest BCUT2D eigenvalue weighted by Gasteiger charge is -2.30. The predicted molar refractivity (Wildman–Crippen MR) is 92.4 cm³/mol. The summed E-state index contributed by atoms with van der Waals surface area (Å²) in [6, 6.07) is 14.7. The number of methoxy groups -OCH3 is 1. The Bertz CT molecular complexity index is 741. The van der Waals surface area contributed by atoms with Gasteiger partial charge in [0, 0.05) is 17.8 Å². The lowest BCUT2D eigenvalue weighted by molar-refractivity contribution is -0.118. The second-order valence-electron chi connectivity index (χ2n) is 5.76. The number of para-hydroxylation sites is 1. The number of aryl methyl sites for hydroxylation is 1. The largest absolute Gasteiger partial charge is 0.497 e. The van der Waals surface area contributed by atoms with Gasteiger partial charge in [0.05, 0.1) is 13.7 Å². The van der Waals surface area contributed by atoms with Crippen molar-refractivity contribution in [2.75, 3.05) is 25.1 Å². The molecule has 2 aromatic carbocycles. The van der Waals surface area contributed by atoms with Gasteiger partial charge in [0.25, 0.3) is 5.91 Å². The highest BCUT2D eigenvalue weighted by Crippen LogP contribution is 2.26. The van der Waals surface area contributed by atoms with E-state index in [0.29, 0.717) is 11.3 Å². The number of hydrogen-bond acceptors (Lipinski definition) is 4. The van der Waals surface area contributed by atoms with Gasteiger partial charge in [-0.15, -0.1) is 0 Å². The topological polar surface area (TPSA) is 58.6 Å². The van der Waals surface area contributed by atoms with Crippen molar-refractivity contribution in [1.82, 2.24) is 5.32 Å². The number of carbonyl (C=O) groups is 2. The molecular formula is C19H20N2O3. The van der Waals surface area contributed by atoms with E-state index in [1.54, 1.807) is 31.4 Å². The number of hydrogen-bond donors (Lipinski definition) is 1. The molecule has 24 heavy (non-hydrogen) atoms. The van der Waals surface area contributed by atoms with Crippen LogP contribution in [0, 0.1) is 0 Å². The second kappa shape index (κ2) is 7.17. The summed E-state index contributed by atoms with van der Waals surface area (Å²) in [7, 11) is 1.56. The van der Waals surface area contributed by atoms with Crippen LogP contribution in [0.2, 0.25) is 0 Å². The van der Waals surface area contributed by atoms with Crippen LogP contribution in [0.15, 0.2) is 48.5 Å². The Kier molecular flexibility index (Phi) is 4.79. The zero-order valence-electron chi connectivity index (χ0n) is 13.6. The van der Waals surface area contributed by atoms with Crippen LogP contribution >= 0.6 is 0 Å². The number of carbonyl (C=O) groups excluding carboxylic acids is 2. The van der Waals surface area contributed by atoms with E-state index in [0.717, 1.165) is 25.1 Å². The third-order valence-electron chi connectivity index (χ3n) is 4.15. The minimum atomic E-state index is -0.395. The summed E-state index contributed by atoms with van der Waals surface area (Å²) >= 11 is 0. The van der Waals surface area contributed by atoms with Gasteiger partial charge in [0.1, 0.15) is 5.75 Å². The average Bonchev–Trinajstić information content (AvgIpc) is 2.62. The van der Waals surface area contributed by atoms with Gasteiger partial charge < -0.3 is 9.64 Å². The SMILES string of the molecule is COc1ccc(C(=O)NC(=O)CN2CCCc3ccccc32)cc1. The van der Waals surface area contributed by atoms with Crippen LogP contribution in [0.3, 0.4) is 0 Å². The Morgan fingerprint density at radius 2 is 1.88 bits per heavy atom. The number of nitrogens with one attached hydrogen (secondary N) is 1. The van der Waals surface area contributed by atoms with Crippen LogP contribution in [0.5, 0.6) is 5.75 Å². The normalized spacial score (nSPS) is 13.1. The summed E-state index contributed by atoms with van der Waals surface area (Å²) in [4.78, 5) is 26.4. The van der Waals surface area contributed by atoms with Gasteiger partial charge in [-0.2, -0.15) is 0 Å². The van der Waals surface area contributed by atoms with Crippen molar-refractivity contribution in [3.05, 3.63) is 59.7 Å². The molecule has 2 amide bonds. The van der Waals surface area contributed by atoms with E-state index in [1.807, 2.05) is 23.1 Å². The molecule has 1 aliphatic heterocycles. The van der Waals surface area contributed by atoms with E-state index in [-0.39, 0.29) is 12.5 Å². The first-order chi connectivity index (χ1) is 11.7. The van der Waals surface area contributed by atoms with Crippen molar-refractivity contribution in [2.45, 2.75) is 12.8 Å². The summed E-state index contributed by atoms with van der Waals surface area (Å²) in [6.07, 6.45) is 2.04. The van der Waals surface area contributed by atoms with Crippen LogP contribution in [-0.4, -0.2) is 32.0 Å². The summed E-state index contributed by atoms with van der Waals surface area (Å²) in [5.74, 6) is -0.0248. The lowest BCUT2D eigenvalue weighted by atomic mass is 10.0. The highest BCUT2D eigenvalue weighted by atomic mass is 16.5. The molecule has 0 bridgehead atoms. The molecule has 0 atom stereocenters. The average molecular weight is 324 g/mol. The number of amides is 2. The van der Waals surface area contributed by atoms with Gasteiger partial charge in [-0.25, -0.2) is 0 Å². The Balaban J connectivity index is 1.62. The number of anilines is 1. The molecule has 0 radical (unpaired) electrons. The molecule has 0 aromatic heterocycles. The molecule has 3 rings (SSSR count). The van der Waals surface area contributed by atoms with E-state index < -0.39 is 5.91 Å². The van der Waals surface area contributed by atoms with Gasteiger partial charge in [-0.05, 0) is 48.7 Å². The van der Waals surface area contributed by atoms with Crippen molar-refractivity contribution in [3.63, 3.8) is 0 Å². The molecule has 1 aliphatic rings. The zero-order valence-corrected chi connectivity index (χ0v) is 13.6.